The molecule has 0 bridgehead atoms. The van der Waals surface area contributed by atoms with Gasteiger partial charge in [0.1, 0.15) is 5.75 Å². The van der Waals surface area contributed by atoms with Crippen LogP contribution in [0.4, 0.5) is 0 Å². The lowest BCUT2D eigenvalue weighted by atomic mass is 9.97. The maximum atomic E-state index is 12.7. The molecule has 0 spiro atoms. The van der Waals surface area contributed by atoms with Crippen molar-refractivity contribution in [3.8, 4) is 5.75 Å². The third kappa shape index (κ3) is 5.40. The molecule has 1 amide bonds. The molecular formula is C20H25ClN2O2S. The Labute approximate surface area is 165 Å². The van der Waals surface area contributed by atoms with Gasteiger partial charge >= 0.3 is 0 Å². The number of ether oxygens (including phenoxy) is 1. The largest absolute Gasteiger partial charge is 0.496 e. The number of rotatable bonds is 6. The molecule has 6 heteroatoms. The quantitative estimate of drug-likeness (QED) is 0.790. The van der Waals surface area contributed by atoms with Gasteiger partial charge < -0.3 is 15.4 Å². The topological polar surface area (TPSA) is 50.4 Å². The molecule has 1 saturated heterocycles. The first kappa shape index (κ1) is 20.6. The number of halogens is 1. The van der Waals surface area contributed by atoms with Crippen LogP contribution in [0.2, 0.25) is 0 Å². The van der Waals surface area contributed by atoms with Gasteiger partial charge in [-0.1, -0.05) is 48.5 Å². The number of nitrogens with one attached hydrogen (secondary N) is 2. The standard InChI is InChI=1S/C20H24N2O2S.ClH/c1-24-18-10-6-5-9-17(18)20(15-7-3-2-4-8-15)22-19(23)13-16-14-25-12-11-21-16;/h2-10,16,20-21H,11-14H2,1H3,(H,22,23);1H. The summed E-state index contributed by atoms with van der Waals surface area (Å²) in [5.41, 5.74) is 2.02. The first-order valence-corrected chi connectivity index (χ1v) is 9.71. The smallest absolute Gasteiger partial charge is 0.222 e. The lowest BCUT2D eigenvalue weighted by molar-refractivity contribution is -0.122. The number of thioether (sulfide) groups is 1. The highest BCUT2D eigenvalue weighted by Crippen LogP contribution is 2.30. The summed E-state index contributed by atoms with van der Waals surface area (Å²) in [4.78, 5) is 12.7. The summed E-state index contributed by atoms with van der Waals surface area (Å²) in [5.74, 6) is 2.94. The van der Waals surface area contributed by atoms with E-state index in [9.17, 15) is 4.79 Å². The van der Waals surface area contributed by atoms with E-state index in [0.29, 0.717) is 6.42 Å². The molecule has 0 aromatic heterocycles. The summed E-state index contributed by atoms with van der Waals surface area (Å²) < 4.78 is 5.51. The van der Waals surface area contributed by atoms with Crippen LogP contribution in [-0.4, -0.2) is 37.1 Å². The second kappa shape index (κ2) is 10.5. The molecule has 1 heterocycles. The average Bonchev–Trinajstić information content (AvgIpc) is 2.67. The highest BCUT2D eigenvalue weighted by Gasteiger charge is 2.22. The third-order valence-electron chi connectivity index (χ3n) is 4.32. The molecule has 2 unspecified atom stereocenters. The van der Waals surface area contributed by atoms with Crippen molar-refractivity contribution in [1.82, 2.24) is 10.6 Å². The van der Waals surface area contributed by atoms with Crippen molar-refractivity contribution in [3.63, 3.8) is 0 Å². The van der Waals surface area contributed by atoms with Gasteiger partial charge in [0.15, 0.2) is 0 Å². The van der Waals surface area contributed by atoms with Crippen molar-refractivity contribution in [2.24, 2.45) is 0 Å². The van der Waals surface area contributed by atoms with Crippen LogP contribution >= 0.6 is 24.2 Å². The van der Waals surface area contributed by atoms with Crippen LogP contribution in [0.1, 0.15) is 23.6 Å². The van der Waals surface area contributed by atoms with E-state index in [-0.39, 0.29) is 30.4 Å². The fourth-order valence-corrected chi connectivity index (χ4v) is 4.03. The number of benzene rings is 2. The van der Waals surface area contributed by atoms with Gasteiger partial charge in [-0.25, -0.2) is 0 Å². The molecule has 2 atom stereocenters. The van der Waals surface area contributed by atoms with E-state index in [1.165, 1.54) is 0 Å². The first-order chi connectivity index (χ1) is 12.3. The Morgan fingerprint density at radius 1 is 1.23 bits per heavy atom. The van der Waals surface area contributed by atoms with Gasteiger partial charge in [0.25, 0.3) is 0 Å². The fourth-order valence-electron chi connectivity index (χ4n) is 3.09. The monoisotopic (exact) mass is 392 g/mol. The lowest BCUT2D eigenvalue weighted by Gasteiger charge is -2.25. The van der Waals surface area contributed by atoms with Crippen molar-refractivity contribution >= 4 is 30.1 Å². The SMILES string of the molecule is COc1ccccc1C(NC(=O)CC1CSCCN1)c1ccccc1.Cl. The van der Waals surface area contributed by atoms with Gasteiger partial charge in [-0.05, 0) is 11.6 Å². The Hall–Kier alpha value is -1.69. The summed E-state index contributed by atoms with van der Waals surface area (Å²) in [6.45, 7) is 0.969. The average molecular weight is 393 g/mol. The van der Waals surface area contributed by atoms with Crippen molar-refractivity contribution < 1.29 is 9.53 Å². The molecule has 140 valence electrons. The van der Waals surface area contributed by atoms with Crippen LogP contribution < -0.4 is 15.4 Å². The third-order valence-corrected chi connectivity index (χ3v) is 5.45. The van der Waals surface area contributed by atoms with Crippen molar-refractivity contribution in [1.29, 1.82) is 0 Å². The Bertz CT molecular complexity index is 693. The van der Waals surface area contributed by atoms with Crippen LogP contribution in [0.15, 0.2) is 54.6 Å². The zero-order valence-corrected chi connectivity index (χ0v) is 16.4. The van der Waals surface area contributed by atoms with Crippen LogP contribution in [0.5, 0.6) is 5.75 Å². The zero-order chi connectivity index (χ0) is 17.5. The van der Waals surface area contributed by atoms with E-state index in [4.69, 9.17) is 4.74 Å². The molecule has 2 N–H and O–H groups in total. The first-order valence-electron chi connectivity index (χ1n) is 8.56. The zero-order valence-electron chi connectivity index (χ0n) is 14.8. The summed E-state index contributed by atoms with van der Waals surface area (Å²) in [6, 6.07) is 17.9. The van der Waals surface area contributed by atoms with Gasteiger partial charge in [0.05, 0.1) is 13.2 Å². The highest BCUT2D eigenvalue weighted by molar-refractivity contribution is 7.99. The predicted molar refractivity (Wildman–Crippen MR) is 110 cm³/mol. The second-order valence-corrected chi connectivity index (χ2v) is 7.23. The predicted octanol–water partition coefficient (Wildman–Crippen LogP) is 3.42. The molecular weight excluding hydrogens is 368 g/mol. The number of methoxy groups -OCH3 is 1. The second-order valence-electron chi connectivity index (χ2n) is 6.08. The summed E-state index contributed by atoms with van der Waals surface area (Å²) in [5, 5.41) is 6.62. The molecule has 4 nitrogen and oxygen atoms in total. The minimum atomic E-state index is -0.221. The van der Waals surface area contributed by atoms with Crippen LogP contribution in [0, 0.1) is 0 Å². The van der Waals surface area contributed by atoms with E-state index in [1.54, 1.807) is 7.11 Å². The number of amides is 1. The van der Waals surface area contributed by atoms with Crippen molar-refractivity contribution in [2.45, 2.75) is 18.5 Å². The highest BCUT2D eigenvalue weighted by atomic mass is 35.5. The maximum Gasteiger partial charge on any atom is 0.222 e. The minimum Gasteiger partial charge on any atom is -0.496 e. The van der Waals surface area contributed by atoms with Crippen molar-refractivity contribution in [3.05, 3.63) is 65.7 Å². The van der Waals surface area contributed by atoms with Gasteiger partial charge in [-0.3, -0.25) is 4.79 Å². The summed E-state index contributed by atoms with van der Waals surface area (Å²) in [6.07, 6.45) is 0.492. The Morgan fingerprint density at radius 3 is 2.65 bits per heavy atom. The molecule has 0 radical (unpaired) electrons. The van der Waals surface area contributed by atoms with Crippen molar-refractivity contribution in [2.75, 3.05) is 25.2 Å². The van der Waals surface area contributed by atoms with Gasteiger partial charge in [0.2, 0.25) is 5.91 Å². The van der Waals surface area contributed by atoms with Crippen LogP contribution in [-0.2, 0) is 4.79 Å². The maximum absolute atomic E-state index is 12.7. The molecule has 2 aromatic carbocycles. The number of para-hydroxylation sites is 1. The molecule has 2 aromatic rings. The number of carbonyl (C=O) groups excluding carboxylic acids is 1. The minimum absolute atomic E-state index is 0. The van der Waals surface area contributed by atoms with E-state index >= 15 is 0 Å². The molecule has 1 fully saturated rings. The Balaban J connectivity index is 0.00000243. The van der Waals surface area contributed by atoms with Gasteiger partial charge in [-0.2, -0.15) is 11.8 Å². The molecule has 1 aliphatic heterocycles. The van der Waals surface area contributed by atoms with Crippen LogP contribution in [0.3, 0.4) is 0 Å². The van der Waals surface area contributed by atoms with E-state index in [1.807, 2.05) is 66.4 Å². The lowest BCUT2D eigenvalue weighted by Crippen LogP contribution is -2.42. The van der Waals surface area contributed by atoms with E-state index in [0.717, 1.165) is 34.9 Å². The Kier molecular flexibility index (Phi) is 8.29. The molecule has 0 aliphatic carbocycles. The van der Waals surface area contributed by atoms with Gasteiger partial charge in [0, 0.05) is 36.1 Å². The van der Waals surface area contributed by atoms with E-state index in [2.05, 4.69) is 10.6 Å². The fraction of sp³-hybridized carbons (Fsp3) is 0.350. The number of hydrogen-bond donors (Lipinski definition) is 2. The summed E-state index contributed by atoms with van der Waals surface area (Å²) in [7, 11) is 1.66. The van der Waals surface area contributed by atoms with E-state index < -0.39 is 0 Å². The molecule has 1 aliphatic rings. The number of carbonyl (C=O) groups is 1. The molecule has 3 rings (SSSR count). The summed E-state index contributed by atoms with van der Waals surface area (Å²) >= 11 is 1.90. The molecule has 26 heavy (non-hydrogen) atoms. The normalized spacial score (nSPS) is 17.7. The molecule has 0 saturated carbocycles. The van der Waals surface area contributed by atoms with Gasteiger partial charge in [-0.15, -0.1) is 12.4 Å². The van der Waals surface area contributed by atoms with Crippen LogP contribution in [0.25, 0.3) is 0 Å². The Morgan fingerprint density at radius 2 is 1.96 bits per heavy atom. The number of hydrogen-bond acceptors (Lipinski definition) is 4.